The Balaban J connectivity index is 2.56. The van der Waals surface area contributed by atoms with E-state index in [2.05, 4.69) is 54.0 Å². The highest BCUT2D eigenvalue weighted by molar-refractivity contribution is 9.10. The highest BCUT2D eigenvalue weighted by Gasteiger charge is 2.16. The SMILES string of the molecule is CCCCCSC(c1ccc(Br)cc1)C(C)N. The highest BCUT2D eigenvalue weighted by Crippen LogP contribution is 2.32. The Bertz CT molecular complexity index is 311. The van der Waals surface area contributed by atoms with Crippen molar-refractivity contribution in [1.29, 1.82) is 0 Å². The third kappa shape index (κ3) is 5.45. The second kappa shape index (κ2) is 8.17. The van der Waals surface area contributed by atoms with Gasteiger partial charge in [0, 0.05) is 15.8 Å². The number of hydrogen-bond acceptors (Lipinski definition) is 2. The van der Waals surface area contributed by atoms with Crippen LogP contribution in [0.3, 0.4) is 0 Å². The van der Waals surface area contributed by atoms with Gasteiger partial charge in [0.05, 0.1) is 0 Å². The van der Waals surface area contributed by atoms with E-state index in [1.807, 2.05) is 11.8 Å². The number of unbranched alkanes of at least 4 members (excludes halogenated alkanes) is 2. The Hall–Kier alpha value is 0.01000. The van der Waals surface area contributed by atoms with Crippen LogP contribution in [0.2, 0.25) is 0 Å². The van der Waals surface area contributed by atoms with Gasteiger partial charge >= 0.3 is 0 Å². The van der Waals surface area contributed by atoms with Crippen LogP contribution in [-0.4, -0.2) is 11.8 Å². The van der Waals surface area contributed by atoms with Gasteiger partial charge in [-0.25, -0.2) is 0 Å². The average Bonchev–Trinajstić information content (AvgIpc) is 2.30. The summed E-state index contributed by atoms with van der Waals surface area (Å²) in [5.74, 6) is 1.20. The van der Waals surface area contributed by atoms with Crippen molar-refractivity contribution in [2.75, 3.05) is 5.75 Å². The lowest BCUT2D eigenvalue weighted by Crippen LogP contribution is -2.22. The summed E-state index contributed by atoms with van der Waals surface area (Å²) in [7, 11) is 0. The highest BCUT2D eigenvalue weighted by atomic mass is 79.9. The van der Waals surface area contributed by atoms with Gasteiger partial charge < -0.3 is 5.73 Å². The van der Waals surface area contributed by atoms with Gasteiger partial charge in [0.25, 0.3) is 0 Å². The summed E-state index contributed by atoms with van der Waals surface area (Å²) < 4.78 is 1.13. The van der Waals surface area contributed by atoms with Gasteiger partial charge in [-0.05, 0) is 36.8 Å². The summed E-state index contributed by atoms with van der Waals surface area (Å²) in [4.78, 5) is 0. The Morgan fingerprint density at radius 2 is 1.88 bits per heavy atom. The monoisotopic (exact) mass is 315 g/mol. The zero-order valence-electron chi connectivity index (χ0n) is 10.7. The Kier molecular flexibility index (Phi) is 7.24. The van der Waals surface area contributed by atoms with Crippen LogP contribution in [0.1, 0.15) is 43.9 Å². The van der Waals surface area contributed by atoms with E-state index in [4.69, 9.17) is 5.73 Å². The largest absolute Gasteiger partial charge is 0.327 e. The van der Waals surface area contributed by atoms with Gasteiger partial charge in [-0.15, -0.1) is 0 Å². The number of benzene rings is 1. The summed E-state index contributed by atoms with van der Waals surface area (Å²) >= 11 is 5.45. The first-order valence-electron chi connectivity index (χ1n) is 6.27. The number of thioether (sulfide) groups is 1. The van der Waals surface area contributed by atoms with Crippen molar-refractivity contribution >= 4 is 27.7 Å². The molecule has 2 N–H and O–H groups in total. The second-order valence-corrected chi connectivity index (χ2v) is 6.57. The zero-order valence-corrected chi connectivity index (χ0v) is 13.1. The minimum Gasteiger partial charge on any atom is -0.327 e. The Morgan fingerprint density at radius 1 is 1.24 bits per heavy atom. The fourth-order valence-electron chi connectivity index (χ4n) is 1.77. The molecule has 1 rings (SSSR count). The van der Waals surface area contributed by atoms with Crippen molar-refractivity contribution < 1.29 is 0 Å². The number of rotatable bonds is 7. The van der Waals surface area contributed by atoms with Crippen LogP contribution < -0.4 is 5.73 Å². The maximum absolute atomic E-state index is 6.09. The van der Waals surface area contributed by atoms with E-state index >= 15 is 0 Å². The van der Waals surface area contributed by atoms with Crippen LogP contribution in [-0.2, 0) is 0 Å². The predicted molar refractivity (Wildman–Crippen MR) is 82.5 cm³/mol. The van der Waals surface area contributed by atoms with Crippen LogP contribution in [0.5, 0.6) is 0 Å². The van der Waals surface area contributed by atoms with Crippen molar-refractivity contribution in [2.45, 2.75) is 44.4 Å². The molecule has 0 saturated carbocycles. The lowest BCUT2D eigenvalue weighted by atomic mass is 10.1. The molecule has 2 atom stereocenters. The van der Waals surface area contributed by atoms with Crippen LogP contribution in [0.4, 0.5) is 0 Å². The standard InChI is InChI=1S/C14H22BrNS/c1-3-4-5-10-17-14(11(2)16)12-6-8-13(15)9-7-12/h6-9,11,14H,3-5,10,16H2,1-2H3. The Morgan fingerprint density at radius 3 is 2.41 bits per heavy atom. The van der Waals surface area contributed by atoms with E-state index < -0.39 is 0 Å². The molecule has 0 aromatic heterocycles. The van der Waals surface area contributed by atoms with Gasteiger partial charge in [-0.3, -0.25) is 0 Å². The number of hydrogen-bond donors (Lipinski definition) is 1. The maximum Gasteiger partial charge on any atom is 0.0445 e. The summed E-state index contributed by atoms with van der Waals surface area (Å²) in [6.45, 7) is 4.34. The first-order chi connectivity index (χ1) is 8.15. The minimum absolute atomic E-state index is 0.197. The topological polar surface area (TPSA) is 26.0 Å². The quantitative estimate of drug-likeness (QED) is 0.734. The van der Waals surface area contributed by atoms with Gasteiger partial charge in [0.15, 0.2) is 0 Å². The molecule has 0 aliphatic rings. The molecule has 0 fully saturated rings. The lowest BCUT2D eigenvalue weighted by molar-refractivity contribution is 0.716. The molecule has 0 spiro atoms. The van der Waals surface area contributed by atoms with Gasteiger partial charge in [0.1, 0.15) is 0 Å². The van der Waals surface area contributed by atoms with E-state index in [1.165, 1.54) is 30.6 Å². The third-order valence-corrected chi connectivity index (χ3v) is 4.84. The fraction of sp³-hybridized carbons (Fsp3) is 0.571. The molecule has 1 aromatic carbocycles. The predicted octanol–water partition coefficient (Wildman–Crippen LogP) is 4.76. The van der Waals surface area contributed by atoms with Crippen LogP contribution in [0.25, 0.3) is 0 Å². The molecule has 0 heterocycles. The molecule has 0 radical (unpaired) electrons. The van der Waals surface area contributed by atoms with E-state index in [1.54, 1.807) is 0 Å². The van der Waals surface area contributed by atoms with Crippen molar-refractivity contribution in [2.24, 2.45) is 5.73 Å². The molecular weight excluding hydrogens is 294 g/mol. The summed E-state index contributed by atoms with van der Waals surface area (Å²) in [5.41, 5.74) is 7.43. The van der Waals surface area contributed by atoms with Crippen molar-refractivity contribution in [1.82, 2.24) is 0 Å². The summed E-state index contributed by atoms with van der Waals surface area (Å²) in [6.07, 6.45) is 3.89. The molecule has 1 nitrogen and oxygen atoms in total. The molecule has 0 amide bonds. The molecule has 17 heavy (non-hydrogen) atoms. The van der Waals surface area contributed by atoms with Crippen LogP contribution >= 0.6 is 27.7 Å². The molecule has 0 bridgehead atoms. The normalized spacial score (nSPS) is 14.6. The number of nitrogens with two attached hydrogens (primary N) is 1. The zero-order chi connectivity index (χ0) is 12.7. The molecule has 0 saturated heterocycles. The van der Waals surface area contributed by atoms with E-state index in [-0.39, 0.29) is 6.04 Å². The van der Waals surface area contributed by atoms with Crippen molar-refractivity contribution in [3.8, 4) is 0 Å². The lowest BCUT2D eigenvalue weighted by Gasteiger charge is -2.21. The molecular formula is C14H22BrNS. The molecule has 0 aliphatic carbocycles. The third-order valence-electron chi connectivity index (χ3n) is 2.72. The van der Waals surface area contributed by atoms with Crippen molar-refractivity contribution in [3.63, 3.8) is 0 Å². The molecule has 3 heteroatoms. The van der Waals surface area contributed by atoms with Crippen molar-refractivity contribution in [3.05, 3.63) is 34.3 Å². The fourth-order valence-corrected chi connectivity index (χ4v) is 3.31. The Labute approximate surface area is 118 Å². The summed E-state index contributed by atoms with van der Waals surface area (Å²) in [6, 6.07) is 8.73. The number of halogens is 1. The van der Waals surface area contributed by atoms with Gasteiger partial charge in [0.2, 0.25) is 0 Å². The van der Waals surface area contributed by atoms with E-state index in [9.17, 15) is 0 Å². The molecule has 1 aromatic rings. The van der Waals surface area contributed by atoms with Crippen LogP contribution in [0.15, 0.2) is 28.7 Å². The van der Waals surface area contributed by atoms with Crippen LogP contribution in [0, 0.1) is 0 Å². The first-order valence-corrected chi connectivity index (χ1v) is 8.12. The maximum atomic E-state index is 6.09. The molecule has 96 valence electrons. The smallest absolute Gasteiger partial charge is 0.0445 e. The molecule has 2 unspecified atom stereocenters. The average molecular weight is 316 g/mol. The van der Waals surface area contributed by atoms with E-state index in [0.717, 1.165) is 4.47 Å². The van der Waals surface area contributed by atoms with Gasteiger partial charge in [-0.1, -0.05) is 47.8 Å². The second-order valence-electron chi connectivity index (χ2n) is 4.41. The van der Waals surface area contributed by atoms with Gasteiger partial charge in [-0.2, -0.15) is 11.8 Å². The molecule has 0 aliphatic heterocycles. The summed E-state index contributed by atoms with van der Waals surface area (Å²) in [5, 5.41) is 0.417. The van der Waals surface area contributed by atoms with E-state index in [0.29, 0.717) is 5.25 Å². The minimum atomic E-state index is 0.197. The first kappa shape index (κ1) is 15.1.